The van der Waals surface area contributed by atoms with Crippen LogP contribution in [0.25, 0.3) is 0 Å². The molecule has 3 rings (SSSR count). The van der Waals surface area contributed by atoms with E-state index in [2.05, 4.69) is 43.1 Å². The fourth-order valence-corrected chi connectivity index (χ4v) is 4.20. The van der Waals surface area contributed by atoms with Crippen molar-refractivity contribution in [3.05, 3.63) is 53.0 Å². The molecule has 0 spiro atoms. The Balaban J connectivity index is 2.17. The first-order valence-corrected chi connectivity index (χ1v) is 8.65. The Morgan fingerprint density at radius 3 is 2.48 bits per heavy atom. The second-order valence-electron chi connectivity index (χ2n) is 5.51. The molecule has 0 aliphatic carbocycles. The first kappa shape index (κ1) is 14.4. The summed E-state index contributed by atoms with van der Waals surface area (Å²) in [5.41, 5.74) is 9.60. The zero-order valence-electron chi connectivity index (χ0n) is 12.6. The van der Waals surface area contributed by atoms with Gasteiger partial charge in [-0.05, 0) is 18.4 Å². The maximum Gasteiger partial charge on any atom is 0.141 e. The van der Waals surface area contributed by atoms with E-state index in [1.54, 1.807) is 0 Å². The van der Waals surface area contributed by atoms with Crippen LogP contribution in [0.15, 0.2) is 30.3 Å². The number of aromatic nitrogens is 2. The van der Waals surface area contributed by atoms with Crippen molar-refractivity contribution in [2.24, 2.45) is 0 Å². The van der Waals surface area contributed by atoms with Gasteiger partial charge < -0.3 is 5.73 Å². The highest BCUT2D eigenvalue weighted by molar-refractivity contribution is 7.98. The van der Waals surface area contributed by atoms with Crippen molar-refractivity contribution in [2.45, 2.75) is 43.6 Å². The third-order valence-electron chi connectivity index (χ3n) is 4.57. The van der Waals surface area contributed by atoms with E-state index in [0.29, 0.717) is 5.82 Å². The summed E-state index contributed by atoms with van der Waals surface area (Å²) in [6.45, 7) is 4.41. The van der Waals surface area contributed by atoms with Gasteiger partial charge in [-0.15, -0.1) is 0 Å². The zero-order chi connectivity index (χ0) is 14.9. The van der Waals surface area contributed by atoms with Gasteiger partial charge in [0, 0.05) is 17.1 Å². The van der Waals surface area contributed by atoms with E-state index in [9.17, 15) is 0 Å². The van der Waals surface area contributed by atoms with Crippen molar-refractivity contribution < 1.29 is 0 Å². The fourth-order valence-electron chi connectivity index (χ4n) is 3.15. The second kappa shape index (κ2) is 5.68. The number of hydrogen-bond donors (Lipinski definition) is 1. The SMILES string of the molecule is CCC(CC)(c1ccccc1)c1nc(N)c2c(n1)CSC2. The Bertz CT molecular complexity index is 636. The van der Waals surface area contributed by atoms with Crippen LogP contribution in [0.4, 0.5) is 5.82 Å². The van der Waals surface area contributed by atoms with E-state index in [0.717, 1.165) is 41.4 Å². The minimum absolute atomic E-state index is 0.141. The lowest BCUT2D eigenvalue weighted by atomic mass is 9.75. The molecular formula is C17H21N3S. The molecule has 0 amide bonds. The first-order valence-electron chi connectivity index (χ1n) is 7.50. The highest BCUT2D eigenvalue weighted by atomic mass is 32.2. The van der Waals surface area contributed by atoms with Gasteiger partial charge in [-0.1, -0.05) is 44.2 Å². The van der Waals surface area contributed by atoms with Crippen molar-refractivity contribution in [2.75, 3.05) is 5.73 Å². The molecule has 3 nitrogen and oxygen atoms in total. The zero-order valence-corrected chi connectivity index (χ0v) is 13.4. The van der Waals surface area contributed by atoms with Crippen LogP contribution in [0.3, 0.4) is 0 Å². The van der Waals surface area contributed by atoms with Crippen LogP contribution in [0.1, 0.15) is 49.3 Å². The Morgan fingerprint density at radius 1 is 1.10 bits per heavy atom. The predicted octanol–water partition coefficient (Wildman–Crippen LogP) is 3.91. The molecule has 0 saturated heterocycles. The number of hydrogen-bond acceptors (Lipinski definition) is 4. The summed E-state index contributed by atoms with van der Waals surface area (Å²) in [5, 5.41) is 0. The summed E-state index contributed by atoms with van der Waals surface area (Å²) in [6, 6.07) is 10.6. The molecule has 0 radical (unpaired) electrons. The van der Waals surface area contributed by atoms with Crippen LogP contribution >= 0.6 is 11.8 Å². The molecule has 2 heterocycles. The average molecular weight is 299 g/mol. The molecule has 1 aliphatic heterocycles. The molecule has 0 fully saturated rings. The Morgan fingerprint density at radius 2 is 1.81 bits per heavy atom. The lowest BCUT2D eigenvalue weighted by Crippen LogP contribution is -2.29. The molecule has 2 N–H and O–H groups in total. The summed E-state index contributed by atoms with van der Waals surface area (Å²) in [6.07, 6.45) is 1.94. The van der Waals surface area contributed by atoms with Gasteiger partial charge in [-0.25, -0.2) is 9.97 Å². The van der Waals surface area contributed by atoms with Crippen LogP contribution in [0, 0.1) is 0 Å². The van der Waals surface area contributed by atoms with E-state index >= 15 is 0 Å². The molecule has 0 atom stereocenters. The van der Waals surface area contributed by atoms with E-state index < -0.39 is 0 Å². The molecule has 1 aromatic heterocycles. The van der Waals surface area contributed by atoms with Crippen LogP contribution < -0.4 is 5.73 Å². The van der Waals surface area contributed by atoms with Crippen molar-refractivity contribution in [1.29, 1.82) is 0 Å². The number of benzene rings is 1. The Kier molecular flexibility index (Phi) is 3.89. The highest BCUT2D eigenvalue weighted by Gasteiger charge is 2.35. The molecule has 4 heteroatoms. The summed E-state index contributed by atoms with van der Waals surface area (Å²) < 4.78 is 0. The molecule has 1 aliphatic rings. The van der Waals surface area contributed by atoms with Crippen molar-refractivity contribution >= 4 is 17.6 Å². The predicted molar refractivity (Wildman–Crippen MR) is 89.2 cm³/mol. The number of nitrogen functional groups attached to an aromatic ring is 1. The smallest absolute Gasteiger partial charge is 0.141 e. The summed E-state index contributed by atoms with van der Waals surface area (Å²) in [4.78, 5) is 9.58. The fraction of sp³-hybridized carbons (Fsp3) is 0.412. The number of nitrogens with zero attached hydrogens (tertiary/aromatic N) is 2. The third kappa shape index (κ3) is 2.31. The number of rotatable bonds is 4. The molecule has 1 aromatic carbocycles. The van der Waals surface area contributed by atoms with Gasteiger partial charge in [0.05, 0.1) is 11.1 Å². The van der Waals surface area contributed by atoms with Gasteiger partial charge in [0.25, 0.3) is 0 Å². The summed E-state index contributed by atoms with van der Waals surface area (Å²) in [5.74, 6) is 3.45. The first-order chi connectivity index (χ1) is 10.2. The monoisotopic (exact) mass is 299 g/mol. The Hall–Kier alpha value is -1.55. The van der Waals surface area contributed by atoms with Gasteiger partial charge >= 0.3 is 0 Å². The van der Waals surface area contributed by atoms with Gasteiger partial charge in [0.1, 0.15) is 11.6 Å². The third-order valence-corrected chi connectivity index (χ3v) is 5.54. The van der Waals surface area contributed by atoms with E-state index in [4.69, 9.17) is 10.7 Å². The number of anilines is 1. The molecular weight excluding hydrogens is 278 g/mol. The van der Waals surface area contributed by atoms with E-state index in [-0.39, 0.29) is 5.41 Å². The number of fused-ring (bicyclic) bond motifs is 1. The van der Waals surface area contributed by atoms with Crippen molar-refractivity contribution in [3.63, 3.8) is 0 Å². The van der Waals surface area contributed by atoms with Gasteiger partial charge in [-0.2, -0.15) is 11.8 Å². The van der Waals surface area contributed by atoms with Gasteiger partial charge in [0.2, 0.25) is 0 Å². The molecule has 0 unspecified atom stereocenters. The largest absolute Gasteiger partial charge is 0.383 e. The molecule has 0 bridgehead atoms. The molecule has 0 saturated carbocycles. The van der Waals surface area contributed by atoms with Gasteiger partial charge in [-0.3, -0.25) is 0 Å². The maximum atomic E-state index is 6.19. The molecule has 2 aromatic rings. The quantitative estimate of drug-likeness (QED) is 0.930. The van der Waals surface area contributed by atoms with Crippen molar-refractivity contribution in [3.8, 4) is 0 Å². The van der Waals surface area contributed by atoms with Gasteiger partial charge in [0.15, 0.2) is 0 Å². The molecule has 21 heavy (non-hydrogen) atoms. The topological polar surface area (TPSA) is 51.8 Å². The van der Waals surface area contributed by atoms with Crippen LogP contribution in [-0.2, 0) is 16.9 Å². The van der Waals surface area contributed by atoms with Crippen molar-refractivity contribution in [1.82, 2.24) is 9.97 Å². The van der Waals surface area contributed by atoms with E-state index in [1.165, 1.54) is 5.56 Å². The molecule has 110 valence electrons. The Labute approximate surface area is 130 Å². The lowest BCUT2D eigenvalue weighted by molar-refractivity contribution is 0.448. The van der Waals surface area contributed by atoms with E-state index in [1.807, 2.05) is 17.8 Å². The van der Waals surface area contributed by atoms with Crippen LogP contribution in [0.5, 0.6) is 0 Å². The lowest BCUT2D eigenvalue weighted by Gasteiger charge is -2.31. The summed E-state index contributed by atoms with van der Waals surface area (Å²) in [7, 11) is 0. The van der Waals surface area contributed by atoms with Crippen LogP contribution in [0.2, 0.25) is 0 Å². The standard InChI is InChI=1S/C17H21N3S/c1-3-17(4-2,12-8-6-5-7-9-12)16-19-14-11-21-10-13(14)15(18)20-16/h5-9H,3-4,10-11H2,1-2H3,(H2,18,19,20). The number of thioether (sulfide) groups is 1. The maximum absolute atomic E-state index is 6.19. The minimum atomic E-state index is -0.141. The normalized spacial score (nSPS) is 14.2. The summed E-state index contributed by atoms with van der Waals surface area (Å²) >= 11 is 1.86. The minimum Gasteiger partial charge on any atom is -0.383 e. The second-order valence-corrected chi connectivity index (χ2v) is 6.49. The van der Waals surface area contributed by atoms with Crippen LogP contribution in [-0.4, -0.2) is 9.97 Å². The number of nitrogens with two attached hydrogens (primary N) is 1. The highest BCUT2D eigenvalue weighted by Crippen LogP contribution is 2.39. The average Bonchev–Trinajstić information content (AvgIpc) is 2.99.